The van der Waals surface area contributed by atoms with E-state index in [1.54, 1.807) is 13.0 Å². The minimum absolute atomic E-state index is 0.0704. The van der Waals surface area contributed by atoms with E-state index in [-0.39, 0.29) is 28.1 Å². The summed E-state index contributed by atoms with van der Waals surface area (Å²) in [6.45, 7) is 1.67. The van der Waals surface area contributed by atoms with Gasteiger partial charge in [0, 0.05) is 12.1 Å². The van der Waals surface area contributed by atoms with Crippen molar-refractivity contribution in [2.45, 2.75) is 13.5 Å². The first-order valence-electron chi connectivity index (χ1n) is 6.75. The molecule has 10 heteroatoms. The smallest absolute Gasteiger partial charge is 0.291 e. The van der Waals surface area contributed by atoms with Crippen LogP contribution in [-0.2, 0) is 6.54 Å². The topological polar surface area (TPSA) is 121 Å². The lowest BCUT2D eigenvalue weighted by atomic mass is 10.2. The molecule has 0 unspecified atom stereocenters. The van der Waals surface area contributed by atoms with Gasteiger partial charge in [0.1, 0.15) is 10.5 Å². The average molecular weight is 346 g/mol. The molecular formula is C14H10N4O5S. The number of rotatable bonds is 4. The van der Waals surface area contributed by atoms with Crippen molar-refractivity contribution in [3.63, 3.8) is 0 Å². The van der Waals surface area contributed by atoms with E-state index in [0.717, 1.165) is 11.3 Å². The van der Waals surface area contributed by atoms with Crippen molar-refractivity contribution in [3.8, 4) is 0 Å². The molecule has 1 aromatic carbocycles. The van der Waals surface area contributed by atoms with Crippen molar-refractivity contribution >= 4 is 32.9 Å². The van der Waals surface area contributed by atoms with Crippen LogP contribution in [-0.4, -0.2) is 19.4 Å². The van der Waals surface area contributed by atoms with Crippen molar-refractivity contribution in [1.82, 2.24) is 9.55 Å². The molecule has 24 heavy (non-hydrogen) atoms. The molecule has 0 aliphatic rings. The van der Waals surface area contributed by atoms with Crippen LogP contribution in [0.15, 0.2) is 34.4 Å². The minimum atomic E-state index is -0.574. The van der Waals surface area contributed by atoms with Crippen LogP contribution < -0.4 is 5.56 Å². The van der Waals surface area contributed by atoms with Gasteiger partial charge in [-0.3, -0.25) is 29.6 Å². The Morgan fingerprint density at radius 2 is 2.00 bits per heavy atom. The van der Waals surface area contributed by atoms with Crippen LogP contribution in [0.25, 0.3) is 10.2 Å². The molecule has 0 aliphatic heterocycles. The van der Waals surface area contributed by atoms with Crippen LogP contribution in [0.3, 0.4) is 0 Å². The molecule has 3 aromatic rings. The zero-order valence-electron chi connectivity index (χ0n) is 12.3. The number of aromatic nitrogens is 2. The van der Waals surface area contributed by atoms with Gasteiger partial charge in [-0.05, 0) is 12.5 Å². The van der Waals surface area contributed by atoms with E-state index >= 15 is 0 Å². The molecule has 0 radical (unpaired) electrons. The fraction of sp³-hybridized carbons (Fsp3) is 0.143. The first kappa shape index (κ1) is 15.7. The van der Waals surface area contributed by atoms with Gasteiger partial charge < -0.3 is 0 Å². The standard InChI is InChI=1S/C14H10N4O5S/c1-8-15-12-11(18(22)23)7-24-13(12)14(19)16(8)6-9-3-2-4-10(5-9)17(20)21/h2-5,7H,6H2,1H3. The first-order chi connectivity index (χ1) is 11.4. The van der Waals surface area contributed by atoms with Gasteiger partial charge in [-0.1, -0.05) is 12.1 Å². The second-order valence-electron chi connectivity index (χ2n) is 5.03. The Kier molecular flexibility index (Phi) is 3.81. The molecule has 0 saturated carbocycles. The number of thiophene rings is 1. The number of aryl methyl sites for hydroxylation is 1. The van der Waals surface area contributed by atoms with Gasteiger partial charge in [-0.15, -0.1) is 11.3 Å². The molecule has 2 heterocycles. The maximum Gasteiger partial charge on any atom is 0.306 e. The van der Waals surface area contributed by atoms with Crippen LogP contribution in [0, 0.1) is 27.2 Å². The van der Waals surface area contributed by atoms with Gasteiger partial charge in [0.05, 0.1) is 21.8 Å². The zero-order chi connectivity index (χ0) is 17.4. The molecule has 3 rings (SSSR count). The first-order valence-corrected chi connectivity index (χ1v) is 7.63. The summed E-state index contributed by atoms with van der Waals surface area (Å²) >= 11 is 0.965. The number of non-ortho nitro benzene ring substituents is 1. The Morgan fingerprint density at radius 3 is 2.67 bits per heavy atom. The molecule has 0 atom stereocenters. The van der Waals surface area contributed by atoms with E-state index < -0.39 is 15.4 Å². The predicted molar refractivity (Wildman–Crippen MR) is 87.5 cm³/mol. The van der Waals surface area contributed by atoms with Crippen LogP contribution in [0.1, 0.15) is 11.4 Å². The summed E-state index contributed by atoms with van der Waals surface area (Å²) in [4.78, 5) is 37.5. The lowest BCUT2D eigenvalue weighted by Gasteiger charge is -2.09. The molecule has 9 nitrogen and oxygen atoms in total. The highest BCUT2D eigenvalue weighted by Gasteiger charge is 2.20. The summed E-state index contributed by atoms with van der Waals surface area (Å²) in [6.07, 6.45) is 0. The fourth-order valence-corrected chi connectivity index (χ4v) is 3.26. The third-order valence-corrected chi connectivity index (χ3v) is 4.45. The van der Waals surface area contributed by atoms with Gasteiger partial charge in [0.25, 0.3) is 11.2 Å². The Balaban J connectivity index is 2.11. The fourth-order valence-electron chi connectivity index (χ4n) is 2.36. The predicted octanol–water partition coefficient (Wildman–Crippen LogP) is 2.63. The summed E-state index contributed by atoms with van der Waals surface area (Å²) in [7, 11) is 0. The molecular weight excluding hydrogens is 336 g/mol. The van der Waals surface area contributed by atoms with Crippen molar-refractivity contribution in [2.75, 3.05) is 0 Å². The van der Waals surface area contributed by atoms with Crippen molar-refractivity contribution in [1.29, 1.82) is 0 Å². The van der Waals surface area contributed by atoms with E-state index in [9.17, 15) is 25.0 Å². The third-order valence-electron chi connectivity index (χ3n) is 3.51. The second-order valence-corrected chi connectivity index (χ2v) is 5.91. The van der Waals surface area contributed by atoms with E-state index in [4.69, 9.17) is 0 Å². The molecule has 0 saturated heterocycles. The highest BCUT2D eigenvalue weighted by molar-refractivity contribution is 7.17. The summed E-state index contributed by atoms with van der Waals surface area (Å²) in [6, 6.07) is 5.95. The monoisotopic (exact) mass is 346 g/mol. The highest BCUT2D eigenvalue weighted by Crippen LogP contribution is 2.28. The molecule has 0 aliphatic carbocycles. The summed E-state index contributed by atoms with van der Waals surface area (Å²) in [5.74, 6) is 0.306. The van der Waals surface area contributed by atoms with E-state index in [1.165, 1.54) is 28.1 Å². The number of hydrogen-bond acceptors (Lipinski definition) is 7. The molecule has 2 aromatic heterocycles. The van der Waals surface area contributed by atoms with Crippen molar-refractivity contribution < 1.29 is 9.85 Å². The van der Waals surface area contributed by atoms with Gasteiger partial charge in [-0.2, -0.15) is 0 Å². The van der Waals surface area contributed by atoms with Gasteiger partial charge in [0.15, 0.2) is 5.52 Å². The normalized spacial score (nSPS) is 10.9. The Morgan fingerprint density at radius 1 is 1.25 bits per heavy atom. The van der Waals surface area contributed by atoms with Gasteiger partial charge in [0.2, 0.25) is 0 Å². The lowest BCUT2D eigenvalue weighted by Crippen LogP contribution is -2.23. The van der Waals surface area contributed by atoms with Crippen LogP contribution in [0.2, 0.25) is 0 Å². The lowest BCUT2D eigenvalue weighted by molar-refractivity contribution is -0.384. The number of nitrogens with zero attached hydrogens (tertiary/aromatic N) is 4. The molecule has 0 amide bonds. The van der Waals surface area contributed by atoms with Crippen LogP contribution in [0.4, 0.5) is 11.4 Å². The zero-order valence-corrected chi connectivity index (χ0v) is 13.1. The SMILES string of the molecule is Cc1nc2c([N+](=O)[O-])csc2c(=O)n1Cc1cccc([N+](=O)[O-])c1. The van der Waals surface area contributed by atoms with E-state index in [1.807, 2.05) is 0 Å². The molecule has 0 spiro atoms. The molecule has 122 valence electrons. The summed E-state index contributed by atoms with van der Waals surface area (Å²) in [5, 5.41) is 23.1. The number of hydrogen-bond donors (Lipinski definition) is 0. The van der Waals surface area contributed by atoms with Gasteiger partial charge >= 0.3 is 5.69 Å². The molecule has 0 N–H and O–H groups in total. The van der Waals surface area contributed by atoms with E-state index in [2.05, 4.69) is 4.98 Å². The molecule has 0 bridgehead atoms. The van der Waals surface area contributed by atoms with Crippen LogP contribution in [0.5, 0.6) is 0 Å². The minimum Gasteiger partial charge on any atom is -0.291 e. The average Bonchev–Trinajstić information content (AvgIpc) is 2.95. The summed E-state index contributed by atoms with van der Waals surface area (Å²) in [5.41, 5.74) is -0.0248. The quantitative estimate of drug-likeness (QED) is 0.529. The van der Waals surface area contributed by atoms with Crippen LogP contribution >= 0.6 is 11.3 Å². The molecule has 0 fully saturated rings. The van der Waals surface area contributed by atoms with Gasteiger partial charge in [-0.25, -0.2) is 4.98 Å². The van der Waals surface area contributed by atoms with E-state index in [0.29, 0.717) is 11.4 Å². The Hall–Kier alpha value is -3.14. The second kappa shape index (κ2) is 5.81. The Bertz CT molecular complexity index is 1040. The van der Waals surface area contributed by atoms with Crippen molar-refractivity contribution in [2.24, 2.45) is 0 Å². The summed E-state index contributed by atoms with van der Waals surface area (Å²) < 4.78 is 1.54. The Labute approximate surface area is 138 Å². The number of fused-ring (bicyclic) bond motifs is 1. The van der Waals surface area contributed by atoms with Crippen molar-refractivity contribution in [3.05, 3.63) is 71.6 Å². The maximum absolute atomic E-state index is 12.6. The number of nitro groups is 2. The largest absolute Gasteiger partial charge is 0.306 e. The third kappa shape index (κ3) is 2.63. The number of nitro benzene ring substituents is 1. The number of benzene rings is 1. The maximum atomic E-state index is 12.6. The highest BCUT2D eigenvalue weighted by atomic mass is 32.1.